The number of halogens is 1. The molecule has 0 spiro atoms. The average molecular weight is 393 g/mol. The molecule has 0 atom stereocenters. The third-order valence-corrected chi connectivity index (χ3v) is 4.47. The number of nitrogens with one attached hydrogen (secondary N) is 1. The van der Waals surface area contributed by atoms with E-state index < -0.39 is 5.41 Å². The molecule has 0 bridgehead atoms. The number of rotatable bonds is 4. The molecule has 3 heterocycles. The average Bonchev–Trinajstić information content (AvgIpc) is 2.95. The Morgan fingerprint density at radius 1 is 1.07 bits per heavy atom. The molecule has 7 nitrogen and oxygen atoms in total. The van der Waals surface area contributed by atoms with Gasteiger partial charge in [-0.1, -0.05) is 17.7 Å². The monoisotopic (exact) mass is 392 g/mol. The van der Waals surface area contributed by atoms with Crippen LogP contribution in [0, 0.1) is 5.41 Å². The van der Waals surface area contributed by atoms with Gasteiger partial charge in [0, 0.05) is 34.9 Å². The molecule has 8 heteroatoms. The summed E-state index contributed by atoms with van der Waals surface area (Å²) in [6.07, 6.45) is 4.92. The zero-order valence-corrected chi connectivity index (χ0v) is 16.1. The summed E-state index contributed by atoms with van der Waals surface area (Å²) in [6.45, 7) is 3.64. The summed E-state index contributed by atoms with van der Waals surface area (Å²) in [6, 6.07) is 12.7. The molecule has 0 fully saturated rings. The van der Waals surface area contributed by atoms with Crippen LogP contribution in [-0.2, 0) is 4.79 Å². The van der Waals surface area contributed by atoms with Crippen molar-refractivity contribution in [1.29, 1.82) is 0 Å². The second-order valence-corrected chi connectivity index (χ2v) is 7.32. The minimum atomic E-state index is -0.638. The predicted molar refractivity (Wildman–Crippen MR) is 110 cm³/mol. The molecule has 0 aliphatic carbocycles. The molecule has 1 aliphatic heterocycles. The van der Waals surface area contributed by atoms with Crippen molar-refractivity contribution >= 4 is 41.2 Å². The molecular formula is C20H17ClN6O. The topological polar surface area (TPSA) is 83.4 Å². The van der Waals surface area contributed by atoms with Gasteiger partial charge in [-0.3, -0.25) is 4.79 Å². The van der Waals surface area contributed by atoms with E-state index in [1.165, 1.54) is 5.01 Å². The first kappa shape index (κ1) is 18.1. The molecule has 4 rings (SSSR count). The molecule has 1 N–H and O–H groups in total. The number of hydrazone groups is 1. The number of carbonyl (C=O) groups excluding carboxylic acids is 1. The van der Waals surface area contributed by atoms with E-state index in [0.29, 0.717) is 22.5 Å². The highest BCUT2D eigenvalue weighted by Gasteiger charge is 2.37. The molecule has 1 amide bonds. The van der Waals surface area contributed by atoms with Crippen LogP contribution in [-0.4, -0.2) is 27.1 Å². The van der Waals surface area contributed by atoms with Gasteiger partial charge in [-0.25, -0.2) is 15.0 Å². The number of hydrogen-bond acceptors (Lipinski definition) is 6. The SMILES string of the molecule is CC1(C)C=NN(c2cc(-c3ccnc(Nc4cccc(Cl)c4)n3)ccn2)C1=O. The zero-order chi connectivity index (χ0) is 19.7. The van der Waals surface area contributed by atoms with E-state index in [4.69, 9.17) is 11.6 Å². The van der Waals surface area contributed by atoms with Gasteiger partial charge in [-0.15, -0.1) is 0 Å². The van der Waals surface area contributed by atoms with Gasteiger partial charge in [0.1, 0.15) is 0 Å². The Balaban J connectivity index is 1.62. The first-order valence-corrected chi connectivity index (χ1v) is 9.02. The van der Waals surface area contributed by atoms with E-state index >= 15 is 0 Å². The quantitative estimate of drug-likeness (QED) is 0.715. The second-order valence-electron chi connectivity index (χ2n) is 6.89. The minimum Gasteiger partial charge on any atom is -0.324 e. The maximum Gasteiger partial charge on any atom is 0.259 e. The van der Waals surface area contributed by atoms with Gasteiger partial charge in [-0.2, -0.15) is 10.1 Å². The molecule has 0 saturated carbocycles. The number of aromatic nitrogens is 3. The molecule has 2 aromatic heterocycles. The van der Waals surface area contributed by atoms with Gasteiger partial charge in [0.05, 0.1) is 11.1 Å². The lowest BCUT2D eigenvalue weighted by molar-refractivity contribution is -0.122. The number of pyridine rings is 1. The Bertz CT molecular complexity index is 1080. The van der Waals surface area contributed by atoms with E-state index in [0.717, 1.165) is 11.3 Å². The number of benzene rings is 1. The summed E-state index contributed by atoms with van der Waals surface area (Å²) < 4.78 is 0. The van der Waals surface area contributed by atoms with Crippen molar-refractivity contribution in [3.63, 3.8) is 0 Å². The smallest absolute Gasteiger partial charge is 0.259 e. The maximum atomic E-state index is 12.5. The lowest BCUT2D eigenvalue weighted by Gasteiger charge is -2.17. The van der Waals surface area contributed by atoms with Crippen LogP contribution in [0.15, 0.2) is 60.0 Å². The maximum absolute atomic E-state index is 12.5. The van der Waals surface area contributed by atoms with Crippen molar-refractivity contribution in [2.45, 2.75) is 13.8 Å². The van der Waals surface area contributed by atoms with Crippen LogP contribution in [0.2, 0.25) is 5.02 Å². The van der Waals surface area contributed by atoms with Crippen molar-refractivity contribution in [3.8, 4) is 11.3 Å². The van der Waals surface area contributed by atoms with Crippen LogP contribution in [0.5, 0.6) is 0 Å². The van der Waals surface area contributed by atoms with Crippen molar-refractivity contribution < 1.29 is 4.79 Å². The summed E-state index contributed by atoms with van der Waals surface area (Å²) >= 11 is 6.02. The summed E-state index contributed by atoms with van der Waals surface area (Å²) in [5.41, 5.74) is 1.65. The van der Waals surface area contributed by atoms with Gasteiger partial charge in [0.15, 0.2) is 5.82 Å². The van der Waals surface area contributed by atoms with Crippen molar-refractivity contribution in [2.24, 2.45) is 10.5 Å². The number of carbonyl (C=O) groups is 1. The fourth-order valence-corrected chi connectivity index (χ4v) is 2.90. The molecular weight excluding hydrogens is 376 g/mol. The highest BCUT2D eigenvalue weighted by Crippen LogP contribution is 2.29. The molecule has 0 radical (unpaired) electrons. The largest absolute Gasteiger partial charge is 0.324 e. The van der Waals surface area contributed by atoms with Crippen LogP contribution in [0.25, 0.3) is 11.3 Å². The van der Waals surface area contributed by atoms with E-state index in [1.54, 1.807) is 42.9 Å². The molecule has 0 saturated heterocycles. The Labute approximate surface area is 167 Å². The van der Waals surface area contributed by atoms with Gasteiger partial charge < -0.3 is 5.32 Å². The summed E-state index contributed by atoms with van der Waals surface area (Å²) in [7, 11) is 0. The van der Waals surface area contributed by atoms with Crippen LogP contribution in [0.1, 0.15) is 13.8 Å². The Morgan fingerprint density at radius 2 is 1.89 bits per heavy atom. The van der Waals surface area contributed by atoms with E-state index in [-0.39, 0.29) is 5.91 Å². The van der Waals surface area contributed by atoms with Crippen LogP contribution < -0.4 is 10.3 Å². The van der Waals surface area contributed by atoms with E-state index in [9.17, 15) is 4.79 Å². The number of anilines is 3. The first-order valence-electron chi connectivity index (χ1n) is 8.64. The van der Waals surface area contributed by atoms with Gasteiger partial charge in [-0.05, 0) is 50.2 Å². The molecule has 1 aromatic carbocycles. The molecule has 140 valence electrons. The Hall–Kier alpha value is -3.32. The van der Waals surface area contributed by atoms with Crippen molar-refractivity contribution in [1.82, 2.24) is 15.0 Å². The molecule has 0 unspecified atom stereocenters. The normalized spacial score (nSPS) is 15.1. The molecule has 1 aliphatic rings. The lowest BCUT2D eigenvalue weighted by Crippen LogP contribution is -2.32. The highest BCUT2D eigenvalue weighted by molar-refractivity contribution is 6.30. The Kier molecular flexibility index (Phi) is 4.52. The van der Waals surface area contributed by atoms with Gasteiger partial charge in [0.25, 0.3) is 5.91 Å². The third kappa shape index (κ3) is 3.57. The van der Waals surface area contributed by atoms with Crippen LogP contribution in [0.3, 0.4) is 0 Å². The fourth-order valence-electron chi connectivity index (χ4n) is 2.71. The minimum absolute atomic E-state index is 0.122. The molecule has 28 heavy (non-hydrogen) atoms. The standard InChI is InChI=1S/C20H17ClN6O/c1-20(2)12-24-27(18(20)28)17-10-13(6-8-22-17)16-7-9-23-19(26-16)25-15-5-3-4-14(21)11-15/h3-12H,1-2H3,(H,23,25,26). The van der Waals surface area contributed by atoms with E-state index in [2.05, 4.69) is 25.4 Å². The van der Waals surface area contributed by atoms with Gasteiger partial charge in [0.2, 0.25) is 5.95 Å². The van der Waals surface area contributed by atoms with Crippen molar-refractivity contribution in [3.05, 3.63) is 59.9 Å². The number of amides is 1. The van der Waals surface area contributed by atoms with E-state index in [1.807, 2.05) is 32.0 Å². The Morgan fingerprint density at radius 3 is 2.64 bits per heavy atom. The number of nitrogens with zero attached hydrogens (tertiary/aromatic N) is 5. The second kappa shape index (κ2) is 7.01. The predicted octanol–water partition coefficient (Wildman–Crippen LogP) is 4.29. The van der Waals surface area contributed by atoms with Crippen LogP contribution in [0.4, 0.5) is 17.5 Å². The summed E-state index contributed by atoms with van der Waals surface area (Å²) in [5.74, 6) is 0.768. The fraction of sp³-hybridized carbons (Fsp3) is 0.150. The number of hydrogen-bond donors (Lipinski definition) is 1. The highest BCUT2D eigenvalue weighted by atomic mass is 35.5. The third-order valence-electron chi connectivity index (χ3n) is 4.23. The molecule has 3 aromatic rings. The van der Waals surface area contributed by atoms with Crippen molar-refractivity contribution in [2.75, 3.05) is 10.3 Å². The summed E-state index contributed by atoms with van der Waals surface area (Å²) in [5, 5.41) is 9.27. The lowest BCUT2D eigenvalue weighted by atomic mass is 9.95. The first-order chi connectivity index (χ1) is 13.4. The summed E-state index contributed by atoms with van der Waals surface area (Å²) in [4.78, 5) is 25.6. The van der Waals surface area contributed by atoms with Crippen LogP contribution >= 0.6 is 11.6 Å². The zero-order valence-electron chi connectivity index (χ0n) is 15.3. The van der Waals surface area contributed by atoms with Gasteiger partial charge >= 0.3 is 0 Å².